The molecule has 86 valence electrons. The van der Waals surface area contributed by atoms with Gasteiger partial charge in [0.1, 0.15) is 0 Å². The van der Waals surface area contributed by atoms with Gasteiger partial charge in [-0.2, -0.15) is 0 Å². The zero-order valence-electron chi connectivity index (χ0n) is 9.42. The molecule has 0 spiro atoms. The molecule has 1 unspecified atom stereocenters. The largest absolute Gasteiger partial charge is 1.00 e. The van der Waals surface area contributed by atoms with Crippen molar-refractivity contribution in [3.63, 3.8) is 0 Å². The molecule has 0 bridgehead atoms. The first-order valence-corrected chi connectivity index (χ1v) is 9.63. The molecule has 1 aromatic heterocycles. The van der Waals surface area contributed by atoms with E-state index >= 15 is 0 Å². The van der Waals surface area contributed by atoms with Gasteiger partial charge in [-0.15, -0.1) is 0 Å². The minimum Gasteiger partial charge on any atom is -1.00 e. The van der Waals surface area contributed by atoms with Crippen LogP contribution in [-0.2, 0) is 3.07 Å². The normalized spacial score (nSPS) is 12.0. The third kappa shape index (κ3) is 3.98. The van der Waals surface area contributed by atoms with Crippen molar-refractivity contribution >= 4 is 23.8 Å². The monoisotopic (exact) mass is 339 g/mol. The zero-order chi connectivity index (χ0) is 10.6. The molecule has 5 heteroatoms. The summed E-state index contributed by atoms with van der Waals surface area (Å²) >= 11 is -1.88. The summed E-state index contributed by atoms with van der Waals surface area (Å²) in [5.41, 5.74) is 5.83. The van der Waals surface area contributed by atoms with E-state index in [1.165, 1.54) is 3.58 Å². The molecular formula is C10H18ClNO2Sn. The van der Waals surface area contributed by atoms with Gasteiger partial charge < -0.3 is 12.4 Å². The maximum Gasteiger partial charge on any atom is -1.00 e. The molecule has 15 heavy (non-hydrogen) atoms. The zero-order valence-corrected chi connectivity index (χ0v) is 13.0. The van der Waals surface area contributed by atoms with Gasteiger partial charge in [-0.1, -0.05) is 0 Å². The number of halogens is 1. The van der Waals surface area contributed by atoms with Gasteiger partial charge in [0, 0.05) is 0 Å². The van der Waals surface area contributed by atoms with E-state index in [9.17, 15) is 0 Å². The Bertz CT molecular complexity index is 278. The first kappa shape index (κ1) is 15.3. The van der Waals surface area contributed by atoms with Gasteiger partial charge in [0.2, 0.25) is 0 Å². The van der Waals surface area contributed by atoms with Crippen LogP contribution in [0.4, 0.5) is 0 Å². The van der Waals surface area contributed by atoms with Crippen molar-refractivity contribution in [2.45, 2.75) is 31.2 Å². The van der Waals surface area contributed by atoms with Gasteiger partial charge in [0.05, 0.1) is 0 Å². The average molecular weight is 338 g/mol. The molecule has 0 radical (unpaired) electrons. The first-order chi connectivity index (χ1) is 6.70. The molecule has 0 aliphatic heterocycles. The van der Waals surface area contributed by atoms with Crippen LogP contribution in [0.3, 0.4) is 0 Å². The summed E-state index contributed by atoms with van der Waals surface area (Å²) in [6.45, 7) is 6.97. The second-order valence-electron chi connectivity index (χ2n) is 3.20. The molecule has 3 nitrogen and oxygen atoms in total. The first-order valence-electron chi connectivity index (χ1n) is 5.02. The van der Waals surface area contributed by atoms with E-state index in [0.717, 1.165) is 16.8 Å². The molecule has 0 aliphatic rings. The number of rotatable bonds is 5. The quantitative estimate of drug-likeness (QED) is 0.669. The molecular weight excluding hydrogens is 320 g/mol. The van der Waals surface area contributed by atoms with Crippen molar-refractivity contribution in [1.29, 1.82) is 0 Å². The predicted octanol–water partition coefficient (Wildman–Crippen LogP) is -1.44. The number of nitrogens with two attached hydrogens (primary N) is 1. The SMILES string of the molecule is CC[O][Sn+]([CH2]C)[c]1ccoc1C(C)N.[Cl-]. The van der Waals surface area contributed by atoms with Crippen LogP contribution in [0.15, 0.2) is 16.7 Å². The third-order valence-corrected chi connectivity index (χ3v) is 8.59. The molecule has 0 saturated carbocycles. The van der Waals surface area contributed by atoms with Gasteiger partial charge in [-0.25, -0.2) is 0 Å². The standard InChI is InChI=1S/C6H8NO.C2H5O.C2H5.ClH.Sn/c1-5(7)6-3-2-4-8-6;1-2-3;1-2;;/h2,4-5H,7H2,1H3;2H2,1H3;1H2,2H3;1H;/q;-1;;;+2/p-1. The molecule has 0 aliphatic carbocycles. The Morgan fingerprint density at radius 3 is 2.67 bits per heavy atom. The predicted molar refractivity (Wildman–Crippen MR) is 58.8 cm³/mol. The minimum absolute atomic E-state index is 0. The van der Waals surface area contributed by atoms with Crippen LogP contribution in [0.5, 0.6) is 0 Å². The molecule has 0 fully saturated rings. The molecule has 1 atom stereocenters. The Balaban J connectivity index is 0.00000196. The fourth-order valence-electron chi connectivity index (χ4n) is 1.45. The van der Waals surface area contributed by atoms with Crippen molar-refractivity contribution in [1.82, 2.24) is 0 Å². The van der Waals surface area contributed by atoms with Crippen LogP contribution < -0.4 is 21.7 Å². The minimum atomic E-state index is -1.88. The van der Waals surface area contributed by atoms with E-state index in [1.54, 1.807) is 6.26 Å². The van der Waals surface area contributed by atoms with E-state index in [-0.39, 0.29) is 18.4 Å². The molecule has 0 saturated heterocycles. The molecule has 0 aromatic carbocycles. The number of furan rings is 1. The van der Waals surface area contributed by atoms with Crippen LogP contribution in [0.1, 0.15) is 32.6 Å². The van der Waals surface area contributed by atoms with Crippen LogP contribution in [0.25, 0.3) is 0 Å². The van der Waals surface area contributed by atoms with Gasteiger partial charge in [0.25, 0.3) is 0 Å². The van der Waals surface area contributed by atoms with Crippen LogP contribution in [-0.4, -0.2) is 26.8 Å². The molecule has 2 N–H and O–H groups in total. The molecule has 1 aromatic rings. The van der Waals surface area contributed by atoms with Crippen LogP contribution in [0.2, 0.25) is 4.44 Å². The number of hydrogen-bond donors (Lipinski definition) is 1. The van der Waals surface area contributed by atoms with Crippen LogP contribution in [0, 0.1) is 0 Å². The summed E-state index contributed by atoms with van der Waals surface area (Å²) in [6.07, 6.45) is 1.73. The summed E-state index contributed by atoms with van der Waals surface area (Å²) < 4.78 is 13.6. The summed E-state index contributed by atoms with van der Waals surface area (Å²) in [4.78, 5) is 0. The number of hydrogen-bond acceptors (Lipinski definition) is 3. The second kappa shape index (κ2) is 7.54. The topological polar surface area (TPSA) is 48.4 Å². The molecule has 1 heterocycles. The fourth-order valence-corrected chi connectivity index (χ4v) is 6.88. The van der Waals surface area contributed by atoms with E-state index in [4.69, 9.17) is 13.2 Å². The van der Waals surface area contributed by atoms with Crippen molar-refractivity contribution in [2.75, 3.05) is 6.61 Å². The maximum absolute atomic E-state index is 5.83. The summed E-state index contributed by atoms with van der Waals surface area (Å²) in [5.74, 6) is 0.926. The van der Waals surface area contributed by atoms with E-state index in [1.807, 2.05) is 19.9 Å². The summed E-state index contributed by atoms with van der Waals surface area (Å²) in [6, 6.07) is 2.01. The van der Waals surface area contributed by atoms with E-state index in [2.05, 4.69) is 6.92 Å². The average Bonchev–Trinajstić information content (AvgIpc) is 2.62. The summed E-state index contributed by atoms with van der Waals surface area (Å²) in [7, 11) is 0. The van der Waals surface area contributed by atoms with Crippen molar-refractivity contribution in [3.05, 3.63) is 18.1 Å². The van der Waals surface area contributed by atoms with E-state index in [0.29, 0.717) is 0 Å². The molecule has 1 rings (SSSR count). The van der Waals surface area contributed by atoms with E-state index < -0.39 is 20.2 Å². The maximum atomic E-state index is 5.83. The summed E-state index contributed by atoms with van der Waals surface area (Å²) in [5, 5.41) is 0. The molecule has 0 amide bonds. The van der Waals surface area contributed by atoms with Gasteiger partial charge in [-0.3, -0.25) is 0 Å². The van der Waals surface area contributed by atoms with Crippen molar-refractivity contribution in [2.24, 2.45) is 5.73 Å². The Morgan fingerprint density at radius 2 is 2.20 bits per heavy atom. The van der Waals surface area contributed by atoms with Crippen molar-refractivity contribution in [3.8, 4) is 0 Å². The Hall–Kier alpha value is 0.289. The smallest absolute Gasteiger partial charge is 1.00 e. The van der Waals surface area contributed by atoms with Crippen LogP contribution >= 0.6 is 0 Å². The second-order valence-corrected chi connectivity index (χ2v) is 9.99. The Morgan fingerprint density at radius 1 is 1.53 bits per heavy atom. The third-order valence-electron chi connectivity index (χ3n) is 2.05. The van der Waals surface area contributed by atoms with Crippen molar-refractivity contribution < 1.29 is 19.9 Å². The van der Waals surface area contributed by atoms with Gasteiger partial charge >= 0.3 is 92.9 Å². The Kier molecular flexibility index (Phi) is 7.69. The van der Waals surface area contributed by atoms with Gasteiger partial charge in [-0.05, 0) is 0 Å². The Labute approximate surface area is 105 Å². The fraction of sp³-hybridized carbons (Fsp3) is 0.600. The van der Waals surface area contributed by atoms with Gasteiger partial charge in [0.15, 0.2) is 0 Å².